The normalized spacial score (nSPS) is 18.8. The first-order chi connectivity index (χ1) is 9.63. The van der Waals surface area contributed by atoms with Gasteiger partial charge in [-0.05, 0) is 25.8 Å². The number of carbonyl (C=O) groups excluding carboxylic acids is 1. The minimum absolute atomic E-state index is 0.0933. The van der Waals surface area contributed by atoms with E-state index in [1.54, 1.807) is 6.92 Å². The van der Waals surface area contributed by atoms with Gasteiger partial charge in [-0.15, -0.1) is 0 Å². The number of aromatic nitrogens is 2. The summed E-state index contributed by atoms with van der Waals surface area (Å²) in [6.45, 7) is 4.43. The van der Waals surface area contributed by atoms with Crippen LogP contribution in [0.5, 0.6) is 0 Å². The van der Waals surface area contributed by atoms with Crippen LogP contribution in [0.4, 0.5) is 0 Å². The van der Waals surface area contributed by atoms with Crippen molar-refractivity contribution in [2.45, 2.75) is 39.3 Å². The Morgan fingerprint density at radius 2 is 2.25 bits per heavy atom. The van der Waals surface area contributed by atoms with Crippen molar-refractivity contribution < 1.29 is 9.32 Å². The van der Waals surface area contributed by atoms with E-state index in [2.05, 4.69) is 16.2 Å². The number of rotatable bonds is 3. The lowest BCUT2D eigenvalue weighted by atomic mass is 10.1. The lowest BCUT2D eigenvalue weighted by Gasteiger charge is -2.22. The van der Waals surface area contributed by atoms with Gasteiger partial charge in [0.05, 0.1) is 0 Å². The Balaban J connectivity index is 1.84. The third-order valence-corrected chi connectivity index (χ3v) is 3.59. The van der Waals surface area contributed by atoms with E-state index in [9.17, 15) is 4.79 Å². The maximum Gasteiger partial charge on any atom is 0.249 e. The lowest BCUT2D eigenvalue weighted by molar-refractivity contribution is -0.129. The van der Waals surface area contributed by atoms with E-state index in [0.29, 0.717) is 24.7 Å². The summed E-state index contributed by atoms with van der Waals surface area (Å²) in [6, 6.07) is 8.10. The Labute approximate surface area is 117 Å². The van der Waals surface area contributed by atoms with Crippen molar-refractivity contribution >= 4 is 5.91 Å². The van der Waals surface area contributed by atoms with Crippen molar-refractivity contribution in [3.05, 3.63) is 47.1 Å². The summed E-state index contributed by atoms with van der Waals surface area (Å²) in [5.74, 6) is 1.29. The molecule has 1 aromatic heterocycles. The van der Waals surface area contributed by atoms with Crippen LogP contribution in [0.15, 0.2) is 28.8 Å². The number of aryl methyl sites for hydroxylation is 2. The molecule has 104 valence electrons. The highest BCUT2D eigenvalue weighted by Gasteiger charge is 2.35. The van der Waals surface area contributed by atoms with Crippen LogP contribution in [0.1, 0.15) is 41.7 Å². The van der Waals surface area contributed by atoms with Crippen LogP contribution >= 0.6 is 0 Å². The molecule has 20 heavy (non-hydrogen) atoms. The zero-order chi connectivity index (χ0) is 14.1. The van der Waals surface area contributed by atoms with Crippen molar-refractivity contribution in [2.24, 2.45) is 0 Å². The van der Waals surface area contributed by atoms with E-state index < -0.39 is 0 Å². The summed E-state index contributed by atoms with van der Waals surface area (Å²) in [6.07, 6.45) is 1.28. The Hall–Kier alpha value is -2.17. The average molecular weight is 271 g/mol. The van der Waals surface area contributed by atoms with Gasteiger partial charge in [0.15, 0.2) is 5.82 Å². The predicted molar refractivity (Wildman–Crippen MR) is 72.7 cm³/mol. The quantitative estimate of drug-likeness (QED) is 0.860. The molecule has 1 amide bonds. The molecule has 1 aliphatic heterocycles. The summed E-state index contributed by atoms with van der Waals surface area (Å²) in [5.41, 5.74) is 2.32. The Kier molecular flexibility index (Phi) is 3.26. The van der Waals surface area contributed by atoms with Gasteiger partial charge in [-0.2, -0.15) is 4.98 Å². The van der Waals surface area contributed by atoms with Crippen molar-refractivity contribution in [3.8, 4) is 0 Å². The molecule has 1 saturated heterocycles. The van der Waals surface area contributed by atoms with Crippen molar-refractivity contribution in [1.29, 1.82) is 0 Å². The van der Waals surface area contributed by atoms with Crippen LogP contribution in [0.2, 0.25) is 0 Å². The number of benzene rings is 1. The maximum absolute atomic E-state index is 12.1. The largest absolute Gasteiger partial charge is 0.337 e. The molecule has 0 radical (unpaired) electrons. The van der Waals surface area contributed by atoms with Gasteiger partial charge in [0.1, 0.15) is 6.04 Å². The first kappa shape index (κ1) is 12.8. The Bertz CT molecular complexity index is 636. The zero-order valence-corrected chi connectivity index (χ0v) is 11.7. The van der Waals surface area contributed by atoms with Crippen LogP contribution in [-0.4, -0.2) is 20.9 Å². The first-order valence-electron chi connectivity index (χ1n) is 6.79. The van der Waals surface area contributed by atoms with Crippen molar-refractivity contribution in [3.63, 3.8) is 0 Å². The molecule has 0 aliphatic carbocycles. The summed E-state index contributed by atoms with van der Waals surface area (Å²) in [5, 5.41) is 3.82. The highest BCUT2D eigenvalue weighted by Crippen LogP contribution is 2.33. The number of nitrogens with zero attached hydrogens (tertiary/aromatic N) is 3. The number of hydrogen-bond donors (Lipinski definition) is 0. The Morgan fingerprint density at radius 1 is 1.40 bits per heavy atom. The SMILES string of the molecule is Cc1cccc(CN2C(=O)CC[C@@H]2c2nc(C)no2)c1. The number of hydrogen-bond acceptors (Lipinski definition) is 4. The fraction of sp³-hybridized carbons (Fsp3) is 0.400. The van der Waals surface area contributed by atoms with Gasteiger partial charge >= 0.3 is 0 Å². The molecule has 0 bridgehead atoms. The van der Waals surface area contributed by atoms with Gasteiger partial charge in [-0.1, -0.05) is 35.0 Å². The molecule has 1 fully saturated rings. The van der Waals surface area contributed by atoms with E-state index in [1.807, 2.05) is 30.0 Å². The fourth-order valence-corrected chi connectivity index (χ4v) is 2.64. The Morgan fingerprint density at radius 3 is 2.95 bits per heavy atom. The molecule has 0 spiro atoms. The smallest absolute Gasteiger partial charge is 0.249 e. The third kappa shape index (κ3) is 2.43. The second kappa shape index (κ2) is 5.07. The minimum atomic E-state index is -0.0933. The monoisotopic (exact) mass is 271 g/mol. The highest BCUT2D eigenvalue weighted by molar-refractivity contribution is 5.78. The number of amides is 1. The van der Waals surface area contributed by atoms with Crippen LogP contribution < -0.4 is 0 Å². The first-order valence-corrected chi connectivity index (χ1v) is 6.79. The van der Waals surface area contributed by atoms with Gasteiger partial charge in [0, 0.05) is 13.0 Å². The number of carbonyl (C=O) groups is 1. The maximum atomic E-state index is 12.1. The summed E-state index contributed by atoms with van der Waals surface area (Å²) in [4.78, 5) is 18.2. The summed E-state index contributed by atoms with van der Waals surface area (Å²) in [7, 11) is 0. The molecule has 3 rings (SSSR count). The molecular weight excluding hydrogens is 254 g/mol. The van der Waals surface area contributed by atoms with Crippen LogP contribution in [-0.2, 0) is 11.3 Å². The van der Waals surface area contributed by atoms with Crippen LogP contribution in [0.25, 0.3) is 0 Å². The molecular formula is C15H17N3O2. The summed E-state index contributed by atoms with van der Waals surface area (Å²) >= 11 is 0. The van der Waals surface area contributed by atoms with E-state index in [0.717, 1.165) is 12.0 Å². The topological polar surface area (TPSA) is 59.2 Å². The van der Waals surface area contributed by atoms with Gasteiger partial charge in [-0.25, -0.2) is 0 Å². The second-order valence-corrected chi connectivity index (χ2v) is 5.24. The molecule has 1 aromatic carbocycles. The average Bonchev–Trinajstić information content (AvgIpc) is 2.97. The lowest BCUT2D eigenvalue weighted by Crippen LogP contribution is -2.27. The van der Waals surface area contributed by atoms with Gasteiger partial charge in [-0.3, -0.25) is 4.79 Å². The van der Waals surface area contributed by atoms with Gasteiger partial charge < -0.3 is 9.42 Å². The second-order valence-electron chi connectivity index (χ2n) is 5.24. The van der Waals surface area contributed by atoms with E-state index >= 15 is 0 Å². The molecule has 2 heterocycles. The number of likely N-dealkylation sites (tertiary alicyclic amines) is 1. The molecule has 0 unspecified atom stereocenters. The molecule has 5 heteroatoms. The van der Waals surface area contributed by atoms with Crippen LogP contribution in [0, 0.1) is 13.8 Å². The van der Waals surface area contributed by atoms with Crippen LogP contribution in [0.3, 0.4) is 0 Å². The molecule has 5 nitrogen and oxygen atoms in total. The molecule has 1 aliphatic rings. The third-order valence-electron chi connectivity index (χ3n) is 3.59. The van der Waals surface area contributed by atoms with Gasteiger partial charge in [0.2, 0.25) is 11.8 Å². The zero-order valence-electron chi connectivity index (χ0n) is 11.7. The minimum Gasteiger partial charge on any atom is -0.337 e. The van der Waals surface area contributed by atoms with E-state index in [1.165, 1.54) is 5.56 Å². The molecule has 2 aromatic rings. The summed E-state index contributed by atoms with van der Waals surface area (Å²) < 4.78 is 5.23. The van der Waals surface area contributed by atoms with Crippen molar-refractivity contribution in [1.82, 2.24) is 15.0 Å². The highest BCUT2D eigenvalue weighted by atomic mass is 16.5. The fourth-order valence-electron chi connectivity index (χ4n) is 2.64. The molecule has 0 saturated carbocycles. The standard InChI is InChI=1S/C15H17N3O2/c1-10-4-3-5-12(8-10)9-18-13(6-7-14(18)19)15-16-11(2)17-20-15/h3-5,8,13H,6-7,9H2,1-2H3/t13-/m1/s1. The molecule has 1 atom stereocenters. The van der Waals surface area contributed by atoms with E-state index in [4.69, 9.17) is 4.52 Å². The predicted octanol–water partition coefficient (Wildman–Crippen LogP) is 2.55. The van der Waals surface area contributed by atoms with E-state index in [-0.39, 0.29) is 11.9 Å². The van der Waals surface area contributed by atoms with Gasteiger partial charge in [0.25, 0.3) is 0 Å². The van der Waals surface area contributed by atoms with Crippen molar-refractivity contribution in [2.75, 3.05) is 0 Å². The molecule has 0 N–H and O–H groups in total.